The fourth-order valence-electron chi connectivity index (χ4n) is 3.47. The Balaban J connectivity index is 1.71. The molecule has 6 nitrogen and oxygen atoms in total. The third-order valence-corrected chi connectivity index (χ3v) is 4.49. The number of aromatic nitrogens is 3. The van der Waals surface area contributed by atoms with Crippen LogP contribution >= 0.6 is 0 Å². The summed E-state index contributed by atoms with van der Waals surface area (Å²) in [6.07, 6.45) is 4.90. The van der Waals surface area contributed by atoms with Gasteiger partial charge in [-0.2, -0.15) is 0 Å². The molecular weight excluding hydrogens is 304 g/mol. The summed E-state index contributed by atoms with van der Waals surface area (Å²) in [7, 11) is 2.02. The predicted molar refractivity (Wildman–Crippen MR) is 90.9 cm³/mol. The number of carbonyl (C=O) groups excluding carboxylic acids is 1. The van der Waals surface area contributed by atoms with E-state index in [1.54, 1.807) is 6.07 Å². The molecule has 130 valence electrons. The first-order valence-electron chi connectivity index (χ1n) is 8.68. The molecule has 3 rings (SSSR count). The maximum Gasteiger partial charge on any atom is 0.292 e. The summed E-state index contributed by atoms with van der Waals surface area (Å²) < 4.78 is 7.36. The van der Waals surface area contributed by atoms with Gasteiger partial charge in [-0.3, -0.25) is 4.79 Å². The molecule has 2 aromatic heterocycles. The molecule has 1 aliphatic heterocycles. The van der Waals surface area contributed by atoms with Crippen molar-refractivity contribution in [1.82, 2.24) is 19.6 Å². The van der Waals surface area contributed by atoms with Crippen LogP contribution in [-0.4, -0.2) is 38.6 Å². The Kier molecular flexibility index (Phi) is 4.73. The SMILES string of the molecule is Cc1cn(C)c([C@H]2CCCN(C(=O)c3cc(CC(C)C)no3)C2)n1. The Labute approximate surface area is 142 Å². The average molecular weight is 330 g/mol. The van der Waals surface area contributed by atoms with Gasteiger partial charge in [-0.05, 0) is 32.1 Å². The summed E-state index contributed by atoms with van der Waals surface area (Å²) in [5.74, 6) is 2.11. The molecule has 0 unspecified atom stereocenters. The van der Waals surface area contributed by atoms with Crippen LogP contribution in [0.2, 0.25) is 0 Å². The van der Waals surface area contributed by atoms with Gasteiger partial charge in [-0.1, -0.05) is 19.0 Å². The molecule has 1 saturated heterocycles. The molecule has 24 heavy (non-hydrogen) atoms. The van der Waals surface area contributed by atoms with Gasteiger partial charge in [0.05, 0.1) is 11.4 Å². The van der Waals surface area contributed by atoms with Crippen molar-refractivity contribution >= 4 is 5.91 Å². The number of nitrogens with zero attached hydrogens (tertiary/aromatic N) is 4. The maximum atomic E-state index is 12.7. The van der Waals surface area contributed by atoms with Crippen LogP contribution in [0.3, 0.4) is 0 Å². The van der Waals surface area contributed by atoms with E-state index in [0.717, 1.165) is 43.0 Å². The Hall–Kier alpha value is -2.11. The van der Waals surface area contributed by atoms with Crippen molar-refractivity contribution in [3.8, 4) is 0 Å². The number of hydrogen-bond donors (Lipinski definition) is 0. The van der Waals surface area contributed by atoms with Crippen LogP contribution in [0.15, 0.2) is 16.8 Å². The number of carbonyl (C=O) groups is 1. The standard InChI is InChI=1S/C18H26N4O2/c1-12(2)8-15-9-16(24-20-15)18(23)22-7-5-6-14(11-22)17-19-13(3)10-21(17)4/h9-10,12,14H,5-8,11H2,1-4H3/t14-/m0/s1. The Bertz CT molecular complexity index is 716. The van der Waals surface area contributed by atoms with Gasteiger partial charge in [0.25, 0.3) is 5.91 Å². The van der Waals surface area contributed by atoms with Gasteiger partial charge in [-0.25, -0.2) is 4.98 Å². The van der Waals surface area contributed by atoms with E-state index in [9.17, 15) is 4.79 Å². The highest BCUT2D eigenvalue weighted by Gasteiger charge is 2.29. The lowest BCUT2D eigenvalue weighted by Gasteiger charge is -2.31. The zero-order valence-corrected chi connectivity index (χ0v) is 15.0. The third kappa shape index (κ3) is 3.52. The first-order valence-corrected chi connectivity index (χ1v) is 8.68. The quantitative estimate of drug-likeness (QED) is 0.864. The van der Waals surface area contributed by atoms with E-state index in [1.807, 2.05) is 25.1 Å². The van der Waals surface area contributed by atoms with Crippen molar-refractivity contribution in [3.05, 3.63) is 35.2 Å². The second-order valence-electron chi connectivity index (χ2n) is 7.22. The molecule has 0 aromatic carbocycles. The first-order chi connectivity index (χ1) is 11.4. The molecule has 1 atom stereocenters. The topological polar surface area (TPSA) is 64.2 Å². The molecule has 0 N–H and O–H groups in total. The zero-order chi connectivity index (χ0) is 17.3. The Morgan fingerprint density at radius 2 is 2.25 bits per heavy atom. The summed E-state index contributed by atoms with van der Waals surface area (Å²) in [5, 5.41) is 4.03. The number of rotatable bonds is 4. The van der Waals surface area contributed by atoms with Crippen LogP contribution in [0.4, 0.5) is 0 Å². The van der Waals surface area contributed by atoms with E-state index < -0.39 is 0 Å². The second kappa shape index (κ2) is 6.79. The number of amides is 1. The lowest BCUT2D eigenvalue weighted by Crippen LogP contribution is -2.39. The number of aryl methyl sites for hydroxylation is 2. The fraction of sp³-hybridized carbons (Fsp3) is 0.611. The lowest BCUT2D eigenvalue weighted by atomic mass is 9.97. The summed E-state index contributed by atoms with van der Waals surface area (Å²) in [4.78, 5) is 19.2. The van der Waals surface area contributed by atoms with Gasteiger partial charge in [0.2, 0.25) is 5.76 Å². The minimum absolute atomic E-state index is 0.0619. The van der Waals surface area contributed by atoms with E-state index in [-0.39, 0.29) is 11.8 Å². The summed E-state index contributed by atoms with van der Waals surface area (Å²) in [6.45, 7) is 7.70. The number of imidazole rings is 1. The van der Waals surface area contributed by atoms with E-state index in [4.69, 9.17) is 4.52 Å². The second-order valence-corrected chi connectivity index (χ2v) is 7.22. The normalized spacial score (nSPS) is 18.4. The lowest BCUT2D eigenvalue weighted by molar-refractivity contribution is 0.0661. The summed E-state index contributed by atoms with van der Waals surface area (Å²) in [6, 6.07) is 1.79. The van der Waals surface area contributed by atoms with Crippen LogP contribution < -0.4 is 0 Å². The number of hydrogen-bond acceptors (Lipinski definition) is 4. The number of likely N-dealkylation sites (tertiary alicyclic amines) is 1. The minimum atomic E-state index is -0.0619. The van der Waals surface area contributed by atoms with Crippen molar-refractivity contribution in [2.24, 2.45) is 13.0 Å². The first kappa shape index (κ1) is 16.7. The molecule has 3 heterocycles. The molecule has 1 amide bonds. The van der Waals surface area contributed by atoms with Crippen molar-refractivity contribution in [3.63, 3.8) is 0 Å². The van der Waals surface area contributed by atoms with Crippen LogP contribution in [-0.2, 0) is 13.5 Å². The van der Waals surface area contributed by atoms with Gasteiger partial charge >= 0.3 is 0 Å². The molecule has 0 bridgehead atoms. The largest absolute Gasteiger partial charge is 0.351 e. The van der Waals surface area contributed by atoms with Crippen molar-refractivity contribution < 1.29 is 9.32 Å². The summed E-state index contributed by atoms with van der Waals surface area (Å²) >= 11 is 0. The van der Waals surface area contributed by atoms with Crippen LogP contribution in [0.25, 0.3) is 0 Å². The van der Waals surface area contributed by atoms with Crippen LogP contribution in [0.5, 0.6) is 0 Å². The molecule has 2 aromatic rings. The van der Waals surface area contributed by atoms with Gasteiger partial charge in [-0.15, -0.1) is 0 Å². The Morgan fingerprint density at radius 1 is 1.46 bits per heavy atom. The van der Waals surface area contributed by atoms with E-state index in [0.29, 0.717) is 18.2 Å². The van der Waals surface area contributed by atoms with Gasteiger partial charge in [0.15, 0.2) is 0 Å². The highest BCUT2D eigenvalue weighted by molar-refractivity contribution is 5.91. The molecular formula is C18H26N4O2. The summed E-state index contributed by atoms with van der Waals surface area (Å²) in [5.41, 5.74) is 1.87. The van der Waals surface area contributed by atoms with Crippen molar-refractivity contribution in [2.75, 3.05) is 13.1 Å². The van der Waals surface area contributed by atoms with Gasteiger partial charge in [0, 0.05) is 38.3 Å². The molecule has 1 aliphatic rings. The molecule has 0 aliphatic carbocycles. The monoisotopic (exact) mass is 330 g/mol. The molecule has 6 heteroatoms. The smallest absolute Gasteiger partial charge is 0.292 e. The molecule has 0 spiro atoms. The zero-order valence-electron chi connectivity index (χ0n) is 15.0. The average Bonchev–Trinajstić information content (AvgIpc) is 3.12. The minimum Gasteiger partial charge on any atom is -0.351 e. The third-order valence-electron chi connectivity index (χ3n) is 4.49. The van der Waals surface area contributed by atoms with Gasteiger partial charge in [0.1, 0.15) is 5.82 Å². The van der Waals surface area contributed by atoms with Crippen LogP contribution in [0.1, 0.15) is 60.4 Å². The highest BCUT2D eigenvalue weighted by atomic mass is 16.5. The van der Waals surface area contributed by atoms with Crippen molar-refractivity contribution in [1.29, 1.82) is 0 Å². The molecule has 0 radical (unpaired) electrons. The van der Waals surface area contributed by atoms with E-state index in [2.05, 4.69) is 28.6 Å². The predicted octanol–water partition coefficient (Wildman–Crippen LogP) is 2.93. The molecule has 1 fully saturated rings. The highest BCUT2D eigenvalue weighted by Crippen LogP contribution is 2.27. The van der Waals surface area contributed by atoms with E-state index in [1.165, 1.54) is 0 Å². The Morgan fingerprint density at radius 3 is 2.92 bits per heavy atom. The van der Waals surface area contributed by atoms with Gasteiger partial charge < -0.3 is 14.0 Å². The van der Waals surface area contributed by atoms with Crippen molar-refractivity contribution in [2.45, 2.75) is 46.0 Å². The maximum absolute atomic E-state index is 12.7. The number of piperidine rings is 1. The van der Waals surface area contributed by atoms with Crippen LogP contribution in [0, 0.1) is 12.8 Å². The fourth-order valence-corrected chi connectivity index (χ4v) is 3.47. The van der Waals surface area contributed by atoms with E-state index >= 15 is 0 Å². The molecule has 0 saturated carbocycles.